The van der Waals surface area contributed by atoms with E-state index < -0.39 is 0 Å². The highest BCUT2D eigenvalue weighted by Crippen LogP contribution is 2.33. The van der Waals surface area contributed by atoms with E-state index in [1.807, 2.05) is 0 Å². The SMILES string of the molecule is CCC(C)C(O)CC(C)(C)C(C)C. The summed E-state index contributed by atoms with van der Waals surface area (Å²) < 4.78 is 0. The van der Waals surface area contributed by atoms with E-state index in [1.54, 1.807) is 0 Å². The molecule has 0 aromatic carbocycles. The second kappa shape index (κ2) is 4.99. The number of hydrogen-bond donors (Lipinski definition) is 1. The Morgan fingerprint density at radius 1 is 1.15 bits per heavy atom. The van der Waals surface area contributed by atoms with Gasteiger partial charge in [-0.1, -0.05) is 48.0 Å². The quantitative estimate of drug-likeness (QED) is 0.697. The van der Waals surface area contributed by atoms with Crippen molar-refractivity contribution in [3.63, 3.8) is 0 Å². The molecule has 0 bridgehead atoms. The minimum atomic E-state index is -0.137. The molecule has 0 saturated carbocycles. The first-order valence-electron chi connectivity index (χ1n) is 5.49. The number of hydrogen-bond acceptors (Lipinski definition) is 1. The van der Waals surface area contributed by atoms with Gasteiger partial charge in [-0.05, 0) is 23.7 Å². The Morgan fingerprint density at radius 3 is 1.92 bits per heavy atom. The normalized spacial score (nSPS) is 17.5. The second-order valence-corrected chi connectivity index (χ2v) is 5.30. The summed E-state index contributed by atoms with van der Waals surface area (Å²) in [5, 5.41) is 9.90. The molecule has 0 saturated heterocycles. The maximum absolute atomic E-state index is 9.90. The molecule has 0 aliphatic heterocycles. The molecule has 0 fully saturated rings. The van der Waals surface area contributed by atoms with Crippen LogP contribution >= 0.6 is 0 Å². The van der Waals surface area contributed by atoms with Crippen molar-refractivity contribution >= 4 is 0 Å². The van der Waals surface area contributed by atoms with Gasteiger partial charge < -0.3 is 5.11 Å². The first-order chi connectivity index (χ1) is 5.81. The lowest BCUT2D eigenvalue weighted by Gasteiger charge is -2.33. The number of rotatable bonds is 5. The lowest BCUT2D eigenvalue weighted by molar-refractivity contribution is 0.0492. The number of aliphatic hydroxyl groups is 1. The fourth-order valence-corrected chi connectivity index (χ4v) is 1.25. The fourth-order valence-electron chi connectivity index (χ4n) is 1.25. The van der Waals surface area contributed by atoms with Crippen LogP contribution in [0.4, 0.5) is 0 Å². The van der Waals surface area contributed by atoms with Crippen LogP contribution in [0, 0.1) is 17.3 Å². The zero-order valence-corrected chi connectivity index (χ0v) is 10.1. The molecule has 0 radical (unpaired) electrons. The predicted molar refractivity (Wildman–Crippen MR) is 58.7 cm³/mol. The molecule has 0 spiro atoms. The molecule has 1 nitrogen and oxygen atoms in total. The van der Waals surface area contributed by atoms with Gasteiger partial charge in [-0.25, -0.2) is 0 Å². The lowest BCUT2D eigenvalue weighted by Crippen LogP contribution is -2.29. The summed E-state index contributed by atoms with van der Waals surface area (Å²) in [5.74, 6) is 1.06. The van der Waals surface area contributed by atoms with Crippen molar-refractivity contribution in [1.82, 2.24) is 0 Å². The van der Waals surface area contributed by atoms with Gasteiger partial charge in [0.15, 0.2) is 0 Å². The Morgan fingerprint density at radius 2 is 1.62 bits per heavy atom. The fraction of sp³-hybridized carbons (Fsp3) is 1.00. The highest BCUT2D eigenvalue weighted by molar-refractivity contribution is 4.78. The number of aliphatic hydroxyl groups excluding tert-OH is 1. The van der Waals surface area contributed by atoms with Gasteiger partial charge in [0.25, 0.3) is 0 Å². The Hall–Kier alpha value is -0.0400. The summed E-state index contributed by atoms with van der Waals surface area (Å²) in [5.41, 5.74) is 0.253. The van der Waals surface area contributed by atoms with Crippen LogP contribution in [0.25, 0.3) is 0 Å². The standard InChI is InChI=1S/C12H26O/c1-7-10(4)11(13)8-12(5,6)9(2)3/h9-11,13H,7-8H2,1-6H3. The van der Waals surface area contributed by atoms with Crippen molar-refractivity contribution in [2.75, 3.05) is 0 Å². The molecule has 1 heteroatoms. The van der Waals surface area contributed by atoms with Gasteiger partial charge in [0.2, 0.25) is 0 Å². The van der Waals surface area contributed by atoms with Crippen LogP contribution < -0.4 is 0 Å². The van der Waals surface area contributed by atoms with E-state index in [2.05, 4.69) is 41.5 Å². The van der Waals surface area contributed by atoms with Crippen molar-refractivity contribution in [3.05, 3.63) is 0 Å². The van der Waals surface area contributed by atoms with E-state index in [4.69, 9.17) is 0 Å². The molecule has 0 aromatic rings. The summed E-state index contributed by atoms with van der Waals surface area (Å²) in [6.07, 6.45) is 1.84. The first-order valence-corrected chi connectivity index (χ1v) is 5.49. The Balaban J connectivity index is 4.11. The third-order valence-electron chi connectivity index (χ3n) is 3.60. The summed E-state index contributed by atoms with van der Waals surface area (Å²) in [6, 6.07) is 0. The average Bonchev–Trinajstić information content (AvgIpc) is 2.01. The van der Waals surface area contributed by atoms with Crippen LogP contribution in [0.2, 0.25) is 0 Å². The molecular weight excluding hydrogens is 160 g/mol. The van der Waals surface area contributed by atoms with Crippen LogP contribution in [0.3, 0.4) is 0 Å². The van der Waals surface area contributed by atoms with Gasteiger partial charge in [-0.3, -0.25) is 0 Å². The van der Waals surface area contributed by atoms with Crippen molar-refractivity contribution < 1.29 is 5.11 Å². The third kappa shape index (κ3) is 4.12. The van der Waals surface area contributed by atoms with Crippen molar-refractivity contribution in [3.8, 4) is 0 Å². The van der Waals surface area contributed by atoms with Crippen molar-refractivity contribution in [1.29, 1.82) is 0 Å². The van der Waals surface area contributed by atoms with Gasteiger partial charge in [0.1, 0.15) is 0 Å². The van der Waals surface area contributed by atoms with Gasteiger partial charge in [-0.15, -0.1) is 0 Å². The topological polar surface area (TPSA) is 20.2 Å². The third-order valence-corrected chi connectivity index (χ3v) is 3.60. The molecule has 0 aliphatic carbocycles. The highest BCUT2D eigenvalue weighted by Gasteiger charge is 2.27. The van der Waals surface area contributed by atoms with E-state index >= 15 is 0 Å². The molecular formula is C12H26O. The maximum Gasteiger partial charge on any atom is 0.0570 e. The van der Waals surface area contributed by atoms with Crippen LogP contribution in [0.15, 0.2) is 0 Å². The zero-order chi connectivity index (χ0) is 10.6. The predicted octanol–water partition coefficient (Wildman–Crippen LogP) is 3.47. The van der Waals surface area contributed by atoms with E-state index in [9.17, 15) is 5.11 Å². The summed E-state index contributed by atoms with van der Waals surface area (Å²) in [6.45, 7) is 13.2. The highest BCUT2D eigenvalue weighted by atomic mass is 16.3. The van der Waals surface area contributed by atoms with E-state index in [-0.39, 0.29) is 11.5 Å². The van der Waals surface area contributed by atoms with Gasteiger partial charge in [-0.2, -0.15) is 0 Å². The summed E-state index contributed by atoms with van der Waals surface area (Å²) >= 11 is 0. The smallest absolute Gasteiger partial charge is 0.0570 e. The molecule has 0 amide bonds. The Bertz CT molecular complexity index is 138. The van der Waals surface area contributed by atoms with Crippen LogP contribution in [0.5, 0.6) is 0 Å². The van der Waals surface area contributed by atoms with E-state index in [0.717, 1.165) is 12.8 Å². The molecule has 13 heavy (non-hydrogen) atoms. The maximum atomic E-state index is 9.90. The minimum Gasteiger partial charge on any atom is -0.393 e. The van der Waals surface area contributed by atoms with E-state index in [1.165, 1.54) is 0 Å². The molecule has 0 heterocycles. The second-order valence-electron chi connectivity index (χ2n) is 5.30. The molecule has 0 rings (SSSR count). The molecule has 2 atom stereocenters. The van der Waals surface area contributed by atoms with Gasteiger partial charge in [0, 0.05) is 0 Å². The van der Waals surface area contributed by atoms with Crippen LogP contribution in [0.1, 0.15) is 54.4 Å². The zero-order valence-electron chi connectivity index (χ0n) is 10.1. The monoisotopic (exact) mass is 186 g/mol. The van der Waals surface area contributed by atoms with E-state index in [0.29, 0.717) is 11.8 Å². The van der Waals surface area contributed by atoms with Crippen LogP contribution in [-0.4, -0.2) is 11.2 Å². The molecule has 0 aromatic heterocycles. The van der Waals surface area contributed by atoms with Crippen LogP contribution in [-0.2, 0) is 0 Å². The first kappa shape index (κ1) is 13.0. The molecule has 80 valence electrons. The minimum absolute atomic E-state index is 0.137. The summed E-state index contributed by atoms with van der Waals surface area (Å²) in [4.78, 5) is 0. The molecule has 2 unspecified atom stereocenters. The van der Waals surface area contributed by atoms with Crippen molar-refractivity contribution in [2.24, 2.45) is 17.3 Å². The summed E-state index contributed by atoms with van der Waals surface area (Å²) in [7, 11) is 0. The van der Waals surface area contributed by atoms with Gasteiger partial charge >= 0.3 is 0 Å². The molecule has 1 N–H and O–H groups in total. The van der Waals surface area contributed by atoms with Gasteiger partial charge in [0.05, 0.1) is 6.10 Å². The molecule has 0 aliphatic rings. The Kier molecular flexibility index (Phi) is 4.98. The van der Waals surface area contributed by atoms with Crippen molar-refractivity contribution in [2.45, 2.75) is 60.5 Å². The Labute approximate surface area is 83.5 Å². The lowest BCUT2D eigenvalue weighted by atomic mass is 9.75. The average molecular weight is 186 g/mol. The largest absolute Gasteiger partial charge is 0.393 e.